The molecule has 0 radical (unpaired) electrons. The van der Waals surface area contributed by atoms with E-state index < -0.39 is 0 Å². The van der Waals surface area contributed by atoms with Gasteiger partial charge in [-0.05, 0) is 32.0 Å². The van der Waals surface area contributed by atoms with Gasteiger partial charge in [-0.3, -0.25) is 9.78 Å². The summed E-state index contributed by atoms with van der Waals surface area (Å²) < 4.78 is 5.37. The zero-order valence-corrected chi connectivity index (χ0v) is 13.1. The number of aryl methyl sites for hydroxylation is 1. The van der Waals surface area contributed by atoms with Gasteiger partial charge < -0.3 is 15.8 Å². The van der Waals surface area contributed by atoms with Crippen LogP contribution in [0.15, 0.2) is 36.5 Å². The molecule has 0 aliphatic heterocycles. The molecule has 116 valence electrons. The second-order valence-electron chi connectivity index (χ2n) is 5.18. The predicted octanol–water partition coefficient (Wildman–Crippen LogP) is 2.35. The molecule has 22 heavy (non-hydrogen) atoms. The van der Waals surface area contributed by atoms with Crippen molar-refractivity contribution in [3.63, 3.8) is 0 Å². The molecule has 0 saturated carbocycles. The summed E-state index contributed by atoms with van der Waals surface area (Å²) in [7, 11) is 1.62. The van der Waals surface area contributed by atoms with Gasteiger partial charge in [-0.15, -0.1) is 0 Å². The Morgan fingerprint density at radius 2 is 2.14 bits per heavy atom. The largest absolute Gasteiger partial charge is 0.496 e. The normalized spacial score (nSPS) is 11.8. The number of aromatic nitrogens is 1. The summed E-state index contributed by atoms with van der Waals surface area (Å²) in [6.45, 7) is 4.25. The molecule has 1 unspecified atom stereocenters. The van der Waals surface area contributed by atoms with Gasteiger partial charge >= 0.3 is 0 Å². The lowest BCUT2D eigenvalue weighted by Gasteiger charge is -2.18. The molecule has 1 aromatic carbocycles. The molecule has 1 amide bonds. The first-order valence-electron chi connectivity index (χ1n) is 7.15. The van der Waals surface area contributed by atoms with Crippen molar-refractivity contribution in [1.82, 2.24) is 10.3 Å². The van der Waals surface area contributed by atoms with Crippen LogP contribution in [-0.2, 0) is 6.54 Å². The molecular formula is C17H21N3O2. The molecule has 3 N–H and O–H groups in total. The Kier molecular flexibility index (Phi) is 5.12. The number of nitrogens with one attached hydrogen (secondary N) is 1. The van der Waals surface area contributed by atoms with Crippen molar-refractivity contribution < 1.29 is 9.53 Å². The first-order valence-corrected chi connectivity index (χ1v) is 7.15. The van der Waals surface area contributed by atoms with Crippen LogP contribution in [0.25, 0.3) is 0 Å². The van der Waals surface area contributed by atoms with Gasteiger partial charge in [0.05, 0.1) is 18.8 Å². The molecule has 1 heterocycles. The highest BCUT2D eigenvalue weighted by atomic mass is 16.5. The lowest BCUT2D eigenvalue weighted by Crippen LogP contribution is -2.27. The Hall–Kier alpha value is -2.40. The maximum Gasteiger partial charge on any atom is 0.251 e. The van der Waals surface area contributed by atoms with E-state index in [1.807, 2.05) is 32.0 Å². The Bertz CT molecular complexity index is 671. The quantitative estimate of drug-likeness (QED) is 0.888. The smallest absolute Gasteiger partial charge is 0.251 e. The van der Waals surface area contributed by atoms with Gasteiger partial charge in [0.15, 0.2) is 0 Å². The molecule has 2 aromatic rings. The van der Waals surface area contributed by atoms with Crippen molar-refractivity contribution >= 4 is 5.91 Å². The Balaban J connectivity index is 2.19. The SMILES string of the molecule is COc1ccc(C)cc1C(C)NC(=O)c1ccnc(CN)c1. The van der Waals surface area contributed by atoms with E-state index in [1.165, 1.54) is 0 Å². The first kappa shape index (κ1) is 16.0. The maximum atomic E-state index is 12.4. The average molecular weight is 299 g/mol. The maximum absolute atomic E-state index is 12.4. The number of pyridine rings is 1. The molecule has 5 heteroatoms. The number of benzene rings is 1. The Morgan fingerprint density at radius 3 is 2.82 bits per heavy atom. The monoisotopic (exact) mass is 299 g/mol. The molecule has 0 aliphatic carbocycles. The van der Waals surface area contributed by atoms with Crippen LogP contribution >= 0.6 is 0 Å². The molecule has 0 bridgehead atoms. The van der Waals surface area contributed by atoms with E-state index >= 15 is 0 Å². The van der Waals surface area contributed by atoms with Crippen LogP contribution in [0, 0.1) is 6.92 Å². The molecule has 0 spiro atoms. The van der Waals surface area contributed by atoms with Crippen molar-refractivity contribution in [2.75, 3.05) is 7.11 Å². The zero-order chi connectivity index (χ0) is 16.1. The summed E-state index contributed by atoms with van der Waals surface area (Å²) in [5.74, 6) is 0.601. The molecule has 1 aromatic heterocycles. The fourth-order valence-corrected chi connectivity index (χ4v) is 2.28. The number of amides is 1. The number of carbonyl (C=O) groups is 1. The number of nitrogens with two attached hydrogens (primary N) is 1. The highest BCUT2D eigenvalue weighted by Crippen LogP contribution is 2.26. The highest BCUT2D eigenvalue weighted by Gasteiger charge is 2.15. The topological polar surface area (TPSA) is 77.2 Å². The van der Waals surface area contributed by atoms with Crippen LogP contribution in [0.1, 0.15) is 40.1 Å². The van der Waals surface area contributed by atoms with Gasteiger partial charge in [-0.25, -0.2) is 0 Å². The lowest BCUT2D eigenvalue weighted by atomic mass is 10.0. The third-order valence-electron chi connectivity index (χ3n) is 3.49. The standard InChI is InChI=1S/C17H21N3O2/c1-11-4-5-16(22-3)15(8-11)12(2)20-17(21)13-6-7-19-14(9-13)10-18/h4-9,12H,10,18H2,1-3H3,(H,20,21). The first-order chi connectivity index (χ1) is 10.5. The summed E-state index contributed by atoms with van der Waals surface area (Å²) >= 11 is 0. The fraction of sp³-hybridized carbons (Fsp3) is 0.294. The van der Waals surface area contributed by atoms with Crippen molar-refractivity contribution in [2.24, 2.45) is 5.73 Å². The van der Waals surface area contributed by atoms with Gasteiger partial charge in [0.2, 0.25) is 0 Å². The second kappa shape index (κ2) is 7.04. The summed E-state index contributed by atoms with van der Waals surface area (Å²) in [6, 6.07) is 9.11. The summed E-state index contributed by atoms with van der Waals surface area (Å²) in [5.41, 5.74) is 8.86. The number of methoxy groups -OCH3 is 1. The number of carbonyl (C=O) groups excluding carboxylic acids is 1. The van der Waals surface area contributed by atoms with Crippen LogP contribution in [-0.4, -0.2) is 18.0 Å². The number of nitrogens with zero attached hydrogens (tertiary/aromatic N) is 1. The second-order valence-corrected chi connectivity index (χ2v) is 5.18. The number of hydrogen-bond acceptors (Lipinski definition) is 4. The Morgan fingerprint density at radius 1 is 1.36 bits per heavy atom. The van der Waals surface area contributed by atoms with Gasteiger partial charge in [0, 0.05) is 23.9 Å². The minimum absolute atomic E-state index is 0.159. The molecular weight excluding hydrogens is 278 g/mol. The van der Waals surface area contributed by atoms with E-state index in [-0.39, 0.29) is 11.9 Å². The fourth-order valence-electron chi connectivity index (χ4n) is 2.28. The molecule has 0 aliphatic rings. The minimum Gasteiger partial charge on any atom is -0.496 e. The summed E-state index contributed by atoms with van der Waals surface area (Å²) in [4.78, 5) is 16.5. The van der Waals surface area contributed by atoms with Crippen LogP contribution in [0.2, 0.25) is 0 Å². The summed E-state index contributed by atoms with van der Waals surface area (Å²) in [5, 5.41) is 2.98. The van der Waals surface area contributed by atoms with Gasteiger partial charge in [-0.1, -0.05) is 17.7 Å². The van der Waals surface area contributed by atoms with Gasteiger partial charge in [0.25, 0.3) is 5.91 Å². The van der Waals surface area contributed by atoms with Crippen molar-refractivity contribution in [3.05, 3.63) is 58.9 Å². The number of hydrogen-bond donors (Lipinski definition) is 2. The molecule has 5 nitrogen and oxygen atoms in total. The van der Waals surface area contributed by atoms with Crippen molar-refractivity contribution in [3.8, 4) is 5.75 Å². The van der Waals surface area contributed by atoms with E-state index in [1.54, 1.807) is 25.4 Å². The Labute approximate surface area is 130 Å². The van der Waals surface area contributed by atoms with Crippen LogP contribution in [0.4, 0.5) is 0 Å². The minimum atomic E-state index is -0.170. The van der Waals surface area contributed by atoms with E-state index in [4.69, 9.17) is 10.5 Å². The van der Waals surface area contributed by atoms with Crippen LogP contribution in [0.5, 0.6) is 5.75 Å². The van der Waals surface area contributed by atoms with E-state index in [0.717, 1.165) is 16.9 Å². The average Bonchev–Trinajstić information content (AvgIpc) is 2.54. The predicted molar refractivity (Wildman–Crippen MR) is 85.7 cm³/mol. The van der Waals surface area contributed by atoms with Crippen molar-refractivity contribution in [1.29, 1.82) is 0 Å². The third-order valence-corrected chi connectivity index (χ3v) is 3.49. The molecule has 1 atom stereocenters. The van der Waals surface area contributed by atoms with Crippen LogP contribution < -0.4 is 15.8 Å². The van der Waals surface area contributed by atoms with E-state index in [2.05, 4.69) is 10.3 Å². The van der Waals surface area contributed by atoms with Gasteiger partial charge in [0.1, 0.15) is 5.75 Å². The zero-order valence-electron chi connectivity index (χ0n) is 13.1. The third kappa shape index (κ3) is 3.62. The number of rotatable bonds is 5. The van der Waals surface area contributed by atoms with Crippen LogP contribution in [0.3, 0.4) is 0 Å². The highest BCUT2D eigenvalue weighted by molar-refractivity contribution is 5.94. The molecule has 2 rings (SSSR count). The van der Waals surface area contributed by atoms with E-state index in [0.29, 0.717) is 17.8 Å². The molecule has 0 saturated heterocycles. The van der Waals surface area contributed by atoms with Crippen molar-refractivity contribution in [2.45, 2.75) is 26.4 Å². The van der Waals surface area contributed by atoms with Gasteiger partial charge in [-0.2, -0.15) is 0 Å². The number of ether oxygens (including phenoxy) is 1. The lowest BCUT2D eigenvalue weighted by molar-refractivity contribution is 0.0939. The summed E-state index contributed by atoms with van der Waals surface area (Å²) in [6.07, 6.45) is 1.59. The molecule has 0 fully saturated rings. The van der Waals surface area contributed by atoms with E-state index in [9.17, 15) is 4.79 Å².